The zero-order valence-electron chi connectivity index (χ0n) is 17.1. The van der Waals surface area contributed by atoms with Crippen LogP contribution in [0, 0.1) is 0 Å². The highest BCUT2D eigenvalue weighted by Gasteiger charge is 2.17. The molecule has 1 aliphatic heterocycles. The first kappa shape index (κ1) is 20.8. The van der Waals surface area contributed by atoms with E-state index < -0.39 is 0 Å². The van der Waals surface area contributed by atoms with E-state index in [9.17, 15) is 9.59 Å². The Labute approximate surface area is 178 Å². The summed E-state index contributed by atoms with van der Waals surface area (Å²) in [4.78, 5) is 30.2. The predicted octanol–water partition coefficient (Wildman–Crippen LogP) is 0.694. The van der Waals surface area contributed by atoms with E-state index >= 15 is 0 Å². The lowest BCUT2D eigenvalue weighted by atomic mass is 10.2. The minimum Gasteiger partial charge on any atom is -0.378 e. The highest BCUT2D eigenvalue weighted by atomic mass is 16.5. The number of ether oxygens (including phenoxy) is 1. The number of hydrogen-bond acceptors (Lipinski definition) is 9. The number of carbonyl (C=O) groups is 1. The van der Waals surface area contributed by atoms with Crippen LogP contribution in [0.2, 0.25) is 0 Å². The molecule has 11 nitrogen and oxygen atoms in total. The molecule has 1 saturated heterocycles. The van der Waals surface area contributed by atoms with Crippen molar-refractivity contribution in [2.75, 3.05) is 49.6 Å². The van der Waals surface area contributed by atoms with Crippen LogP contribution in [0.1, 0.15) is 18.7 Å². The summed E-state index contributed by atoms with van der Waals surface area (Å²) >= 11 is 0. The van der Waals surface area contributed by atoms with Gasteiger partial charge in [0.25, 0.3) is 11.5 Å². The maximum absolute atomic E-state index is 12.1. The molecule has 1 amide bonds. The van der Waals surface area contributed by atoms with Crippen LogP contribution in [0.5, 0.6) is 0 Å². The van der Waals surface area contributed by atoms with Gasteiger partial charge in [0.05, 0.1) is 18.6 Å². The summed E-state index contributed by atoms with van der Waals surface area (Å²) in [7, 11) is 0. The molecule has 3 heterocycles. The summed E-state index contributed by atoms with van der Waals surface area (Å²) in [6, 6.07) is 7.29. The van der Waals surface area contributed by atoms with Gasteiger partial charge in [-0.2, -0.15) is 10.1 Å². The zero-order chi connectivity index (χ0) is 21.5. The first-order valence-electron chi connectivity index (χ1n) is 10.3. The van der Waals surface area contributed by atoms with Crippen molar-refractivity contribution < 1.29 is 14.1 Å². The first-order valence-corrected chi connectivity index (χ1v) is 10.3. The second kappa shape index (κ2) is 10.0. The molecular weight excluding hydrogens is 402 g/mol. The van der Waals surface area contributed by atoms with Crippen molar-refractivity contribution in [2.24, 2.45) is 0 Å². The number of rotatable bonds is 9. The quantitative estimate of drug-likeness (QED) is 0.421. The smallest absolute Gasteiger partial charge is 0.272 e. The number of aryl methyl sites for hydroxylation is 1. The summed E-state index contributed by atoms with van der Waals surface area (Å²) < 4.78 is 10.5. The number of anilines is 2. The molecule has 3 N–H and O–H groups in total. The Kier molecular flexibility index (Phi) is 6.72. The molecule has 1 aromatic carbocycles. The van der Waals surface area contributed by atoms with Crippen LogP contribution in [0.3, 0.4) is 0 Å². The molecule has 31 heavy (non-hydrogen) atoms. The summed E-state index contributed by atoms with van der Waals surface area (Å²) in [5.74, 6) is 1.55. The fourth-order valence-electron chi connectivity index (χ4n) is 3.32. The maximum atomic E-state index is 12.1. The van der Waals surface area contributed by atoms with E-state index in [1.54, 1.807) is 6.07 Å². The lowest BCUT2D eigenvalue weighted by molar-refractivity contribution is -0.121. The van der Waals surface area contributed by atoms with Crippen molar-refractivity contribution in [1.29, 1.82) is 0 Å². The molecule has 0 aliphatic carbocycles. The molecule has 1 fully saturated rings. The number of aromatic amines is 1. The van der Waals surface area contributed by atoms with Crippen molar-refractivity contribution in [3.8, 4) is 0 Å². The maximum Gasteiger partial charge on any atom is 0.272 e. The molecule has 0 spiro atoms. The molecule has 0 bridgehead atoms. The standard InChI is InChI=1S/C20H25N7O4/c28-16(6-7-17-23-20(26-31-17)27-10-12-30-13-11-27)21-8-3-9-22-18-14-4-1-2-5-15(14)19(29)25-24-18/h1-2,4-5H,3,6-13H2,(H,21,28)(H,22,24)(H,25,29). The predicted molar refractivity (Wildman–Crippen MR) is 114 cm³/mol. The average Bonchev–Trinajstić information content (AvgIpc) is 3.29. The number of fused-ring (bicyclic) bond motifs is 1. The normalized spacial score (nSPS) is 14.0. The van der Waals surface area contributed by atoms with Crippen molar-refractivity contribution in [3.05, 3.63) is 40.5 Å². The van der Waals surface area contributed by atoms with Gasteiger partial charge in [0, 0.05) is 44.4 Å². The number of morpholine rings is 1. The monoisotopic (exact) mass is 427 g/mol. The summed E-state index contributed by atoms with van der Waals surface area (Å²) in [6.07, 6.45) is 1.39. The minimum atomic E-state index is -0.216. The Bertz CT molecular complexity index is 1070. The summed E-state index contributed by atoms with van der Waals surface area (Å²) in [6.45, 7) is 3.90. The number of benzene rings is 1. The third-order valence-electron chi connectivity index (χ3n) is 4.98. The Hall–Kier alpha value is -3.47. The second-order valence-electron chi connectivity index (χ2n) is 7.16. The van der Waals surface area contributed by atoms with E-state index in [0.29, 0.717) is 62.2 Å². The Morgan fingerprint density at radius 1 is 1.16 bits per heavy atom. The van der Waals surface area contributed by atoms with Gasteiger partial charge in [0.15, 0.2) is 5.82 Å². The van der Waals surface area contributed by atoms with Gasteiger partial charge in [0.1, 0.15) is 0 Å². The lowest BCUT2D eigenvalue weighted by Gasteiger charge is -2.24. The van der Waals surface area contributed by atoms with Crippen molar-refractivity contribution >= 4 is 28.4 Å². The van der Waals surface area contributed by atoms with Crippen LogP contribution in [0.15, 0.2) is 33.6 Å². The zero-order valence-corrected chi connectivity index (χ0v) is 17.1. The van der Waals surface area contributed by atoms with E-state index in [1.807, 2.05) is 23.1 Å². The van der Waals surface area contributed by atoms with Crippen LogP contribution < -0.4 is 21.1 Å². The average molecular weight is 427 g/mol. The van der Waals surface area contributed by atoms with Crippen LogP contribution in [0.25, 0.3) is 10.8 Å². The largest absolute Gasteiger partial charge is 0.378 e. The molecule has 0 radical (unpaired) electrons. The van der Waals surface area contributed by atoms with Gasteiger partial charge < -0.3 is 24.8 Å². The Balaban J connectivity index is 1.16. The van der Waals surface area contributed by atoms with Crippen molar-refractivity contribution in [1.82, 2.24) is 25.7 Å². The van der Waals surface area contributed by atoms with E-state index in [0.717, 1.165) is 18.5 Å². The second-order valence-corrected chi connectivity index (χ2v) is 7.16. The van der Waals surface area contributed by atoms with Crippen molar-refractivity contribution in [2.45, 2.75) is 19.3 Å². The molecule has 11 heteroatoms. The number of nitrogens with zero attached hydrogens (tertiary/aromatic N) is 4. The molecule has 164 valence electrons. The van der Waals surface area contributed by atoms with Crippen molar-refractivity contribution in [3.63, 3.8) is 0 Å². The molecule has 4 rings (SSSR count). The van der Waals surface area contributed by atoms with Gasteiger partial charge in [-0.05, 0) is 17.6 Å². The van der Waals surface area contributed by atoms with Gasteiger partial charge in [-0.25, -0.2) is 5.10 Å². The summed E-state index contributed by atoms with van der Waals surface area (Å²) in [5.41, 5.74) is -0.216. The lowest BCUT2D eigenvalue weighted by Crippen LogP contribution is -2.36. The highest BCUT2D eigenvalue weighted by Crippen LogP contribution is 2.16. The van der Waals surface area contributed by atoms with Crippen LogP contribution in [0.4, 0.5) is 11.8 Å². The Morgan fingerprint density at radius 2 is 1.97 bits per heavy atom. The number of amides is 1. The van der Waals surface area contributed by atoms with Gasteiger partial charge in [-0.3, -0.25) is 9.59 Å². The molecule has 0 unspecified atom stereocenters. The molecule has 1 aliphatic rings. The topological polar surface area (TPSA) is 138 Å². The minimum absolute atomic E-state index is 0.0706. The number of carbonyl (C=O) groups excluding carboxylic acids is 1. The molecule has 0 saturated carbocycles. The molecular formula is C20H25N7O4. The van der Waals surface area contributed by atoms with Crippen LogP contribution in [-0.2, 0) is 16.0 Å². The van der Waals surface area contributed by atoms with Crippen LogP contribution in [-0.4, -0.2) is 65.6 Å². The highest BCUT2D eigenvalue weighted by molar-refractivity contribution is 5.90. The molecule has 3 aromatic rings. The van der Waals surface area contributed by atoms with Gasteiger partial charge in [-0.15, -0.1) is 0 Å². The van der Waals surface area contributed by atoms with Crippen LogP contribution >= 0.6 is 0 Å². The third kappa shape index (κ3) is 5.37. The molecule has 0 atom stereocenters. The SMILES string of the molecule is O=C(CCc1nc(N2CCOCC2)no1)NCCCNc1n[nH]c(=O)c2ccccc12. The number of nitrogens with one attached hydrogen (secondary N) is 3. The number of hydrogen-bond donors (Lipinski definition) is 3. The van der Waals surface area contributed by atoms with E-state index in [-0.39, 0.29) is 17.9 Å². The first-order chi connectivity index (χ1) is 15.2. The van der Waals surface area contributed by atoms with E-state index in [4.69, 9.17) is 9.26 Å². The fraction of sp³-hybridized carbons (Fsp3) is 0.450. The van der Waals surface area contributed by atoms with Gasteiger partial charge in [-0.1, -0.05) is 18.2 Å². The molecule has 2 aromatic heterocycles. The number of aromatic nitrogens is 4. The van der Waals surface area contributed by atoms with E-state index in [2.05, 4.69) is 31.0 Å². The third-order valence-corrected chi connectivity index (χ3v) is 4.98. The summed E-state index contributed by atoms with van der Waals surface area (Å²) in [5, 5.41) is 18.0. The van der Waals surface area contributed by atoms with E-state index in [1.165, 1.54) is 0 Å². The number of H-pyrrole nitrogens is 1. The fourth-order valence-corrected chi connectivity index (χ4v) is 3.32. The van der Waals surface area contributed by atoms with Gasteiger partial charge in [0.2, 0.25) is 11.8 Å². The van der Waals surface area contributed by atoms with Gasteiger partial charge >= 0.3 is 0 Å². The Morgan fingerprint density at radius 3 is 2.81 bits per heavy atom.